The highest BCUT2D eigenvalue weighted by Crippen LogP contribution is 2.33. The molecule has 1 heterocycles. The third kappa shape index (κ3) is 4.32. The maximum atomic E-state index is 12.5. The summed E-state index contributed by atoms with van der Waals surface area (Å²) in [5.74, 6) is -0.186. The molecule has 0 saturated carbocycles. The van der Waals surface area contributed by atoms with Crippen LogP contribution in [0.4, 0.5) is 0 Å². The van der Waals surface area contributed by atoms with Crippen LogP contribution in [0.2, 0.25) is 0 Å². The third-order valence-electron chi connectivity index (χ3n) is 3.63. The Labute approximate surface area is 161 Å². The van der Waals surface area contributed by atoms with Gasteiger partial charge in [-0.25, -0.2) is 0 Å². The summed E-state index contributed by atoms with van der Waals surface area (Å²) in [5, 5.41) is 0.165. The highest BCUT2D eigenvalue weighted by atomic mass is 32.2. The summed E-state index contributed by atoms with van der Waals surface area (Å²) in [4.78, 5) is 15.7. The van der Waals surface area contributed by atoms with Crippen molar-refractivity contribution in [1.29, 1.82) is 0 Å². The number of aryl methyl sites for hydroxylation is 1. The lowest BCUT2D eigenvalue weighted by atomic mass is 10.2. The molecular formula is C18H16N2O5S2. The topological polar surface area (TPSA) is 108 Å². The molecule has 3 rings (SSSR count). The first kappa shape index (κ1) is 19.0. The lowest BCUT2D eigenvalue weighted by molar-refractivity contribution is -0.113. The van der Waals surface area contributed by atoms with Crippen LogP contribution in [0.3, 0.4) is 0 Å². The molecule has 140 valence electrons. The van der Waals surface area contributed by atoms with Gasteiger partial charge in [0.2, 0.25) is 0 Å². The van der Waals surface area contributed by atoms with Gasteiger partial charge in [-0.15, -0.1) is 0 Å². The van der Waals surface area contributed by atoms with Crippen molar-refractivity contribution in [2.45, 2.75) is 11.8 Å². The first-order chi connectivity index (χ1) is 12.8. The third-order valence-corrected chi connectivity index (χ3v) is 5.69. The van der Waals surface area contributed by atoms with Crippen molar-refractivity contribution in [3.8, 4) is 11.5 Å². The number of nitrogens with zero attached hydrogens (tertiary/aromatic N) is 1. The summed E-state index contributed by atoms with van der Waals surface area (Å²) in [6.45, 7) is 1.86. The van der Waals surface area contributed by atoms with Crippen molar-refractivity contribution in [2.24, 2.45) is 10.7 Å². The highest BCUT2D eigenvalue weighted by molar-refractivity contribution is 8.18. The van der Waals surface area contributed by atoms with E-state index in [4.69, 9.17) is 14.7 Å². The predicted octanol–water partition coefficient (Wildman–Crippen LogP) is 2.70. The molecule has 2 aromatic rings. The fourth-order valence-corrected chi connectivity index (χ4v) is 3.91. The number of rotatable bonds is 5. The van der Waals surface area contributed by atoms with Crippen LogP contribution in [-0.2, 0) is 14.9 Å². The first-order valence-electron chi connectivity index (χ1n) is 7.76. The molecule has 0 aromatic heterocycles. The SMILES string of the molecule is COc1ccc(/C=C2\SC(N)=NC2=O)cc1OS(=O)(=O)c1ccc(C)cc1. The van der Waals surface area contributed by atoms with Gasteiger partial charge in [-0.05, 0) is 54.6 Å². The van der Waals surface area contributed by atoms with E-state index in [0.29, 0.717) is 10.5 Å². The number of ether oxygens (including phenoxy) is 1. The number of amides is 1. The minimum atomic E-state index is -4.04. The van der Waals surface area contributed by atoms with Gasteiger partial charge in [0, 0.05) is 0 Å². The number of carbonyl (C=O) groups excluding carboxylic acids is 1. The van der Waals surface area contributed by atoms with Crippen LogP contribution in [0.5, 0.6) is 11.5 Å². The average Bonchev–Trinajstić information content (AvgIpc) is 2.92. The zero-order chi connectivity index (χ0) is 19.6. The normalized spacial score (nSPS) is 15.7. The fraction of sp³-hybridized carbons (Fsp3) is 0.111. The Hall–Kier alpha value is -2.78. The number of amidine groups is 1. The molecular weight excluding hydrogens is 388 g/mol. The van der Waals surface area contributed by atoms with Crippen LogP contribution in [0, 0.1) is 6.92 Å². The quantitative estimate of drug-likeness (QED) is 0.603. The van der Waals surface area contributed by atoms with Crippen molar-refractivity contribution in [3.63, 3.8) is 0 Å². The van der Waals surface area contributed by atoms with Gasteiger partial charge in [-0.3, -0.25) is 4.79 Å². The number of methoxy groups -OCH3 is 1. The zero-order valence-electron chi connectivity index (χ0n) is 14.5. The summed E-state index contributed by atoms with van der Waals surface area (Å²) in [6, 6.07) is 11.0. The summed E-state index contributed by atoms with van der Waals surface area (Å²) in [7, 11) is -2.64. The molecule has 0 radical (unpaired) electrons. The van der Waals surface area contributed by atoms with E-state index in [-0.39, 0.29) is 21.6 Å². The second-order valence-electron chi connectivity index (χ2n) is 5.63. The van der Waals surface area contributed by atoms with E-state index in [1.54, 1.807) is 30.3 Å². The Morgan fingerprint density at radius 2 is 1.81 bits per heavy atom. The van der Waals surface area contributed by atoms with E-state index in [0.717, 1.165) is 17.3 Å². The minimum absolute atomic E-state index is 0.0109. The molecule has 2 aromatic carbocycles. The summed E-state index contributed by atoms with van der Waals surface area (Å²) >= 11 is 1.04. The van der Waals surface area contributed by atoms with Crippen molar-refractivity contribution >= 4 is 39.0 Å². The standard InChI is InChI=1S/C18H16N2O5S2/c1-11-3-6-13(7-4-11)27(22,23)25-15-9-12(5-8-14(15)24-2)10-16-17(21)20-18(19)26-16/h3-10H,1-2H3,(H2,19,20,21)/b16-10-. The number of hydrogen-bond acceptors (Lipinski definition) is 7. The molecule has 0 spiro atoms. The zero-order valence-corrected chi connectivity index (χ0v) is 16.1. The van der Waals surface area contributed by atoms with Gasteiger partial charge in [0.15, 0.2) is 16.7 Å². The molecule has 1 aliphatic rings. The molecule has 0 saturated heterocycles. The van der Waals surface area contributed by atoms with Crippen LogP contribution in [-0.4, -0.2) is 26.6 Å². The number of benzene rings is 2. The summed E-state index contributed by atoms with van der Waals surface area (Å²) < 4.78 is 35.6. The van der Waals surface area contributed by atoms with E-state index in [2.05, 4.69) is 4.99 Å². The largest absolute Gasteiger partial charge is 0.493 e. The van der Waals surface area contributed by atoms with Crippen LogP contribution < -0.4 is 14.7 Å². The molecule has 27 heavy (non-hydrogen) atoms. The van der Waals surface area contributed by atoms with Gasteiger partial charge < -0.3 is 14.7 Å². The average molecular weight is 404 g/mol. The molecule has 2 N–H and O–H groups in total. The van der Waals surface area contributed by atoms with Crippen LogP contribution in [0.1, 0.15) is 11.1 Å². The number of hydrogen-bond donors (Lipinski definition) is 1. The Balaban J connectivity index is 1.94. The maximum Gasteiger partial charge on any atom is 0.339 e. The van der Waals surface area contributed by atoms with Crippen LogP contribution in [0.25, 0.3) is 6.08 Å². The number of nitrogens with two attached hydrogens (primary N) is 1. The molecule has 1 amide bonds. The number of thioether (sulfide) groups is 1. The van der Waals surface area contributed by atoms with E-state index >= 15 is 0 Å². The molecule has 0 aliphatic carbocycles. The van der Waals surface area contributed by atoms with E-state index < -0.39 is 16.0 Å². The summed E-state index contributed by atoms with van der Waals surface area (Å²) in [5.41, 5.74) is 7.01. The highest BCUT2D eigenvalue weighted by Gasteiger charge is 2.21. The Morgan fingerprint density at radius 1 is 1.11 bits per heavy atom. The molecule has 1 aliphatic heterocycles. The number of carbonyl (C=O) groups is 1. The molecule has 0 fully saturated rings. The van der Waals surface area contributed by atoms with Crippen molar-refractivity contribution in [2.75, 3.05) is 7.11 Å². The fourth-order valence-electron chi connectivity index (χ4n) is 2.30. The smallest absolute Gasteiger partial charge is 0.339 e. The molecule has 0 bridgehead atoms. The van der Waals surface area contributed by atoms with Gasteiger partial charge in [0.1, 0.15) is 4.90 Å². The lowest BCUT2D eigenvalue weighted by Crippen LogP contribution is -2.10. The summed E-state index contributed by atoms with van der Waals surface area (Å²) in [6.07, 6.45) is 1.56. The molecule has 0 atom stereocenters. The Morgan fingerprint density at radius 3 is 2.41 bits per heavy atom. The van der Waals surface area contributed by atoms with Gasteiger partial charge in [0.25, 0.3) is 5.91 Å². The van der Waals surface area contributed by atoms with Gasteiger partial charge in [-0.1, -0.05) is 23.8 Å². The molecule has 9 heteroatoms. The van der Waals surface area contributed by atoms with Crippen molar-refractivity contribution < 1.29 is 22.1 Å². The second-order valence-corrected chi connectivity index (χ2v) is 8.24. The maximum absolute atomic E-state index is 12.5. The van der Waals surface area contributed by atoms with Gasteiger partial charge in [0.05, 0.1) is 12.0 Å². The van der Waals surface area contributed by atoms with Crippen molar-refractivity contribution in [3.05, 3.63) is 58.5 Å². The van der Waals surface area contributed by atoms with Gasteiger partial charge >= 0.3 is 10.1 Å². The first-order valence-corrected chi connectivity index (χ1v) is 9.98. The Bertz CT molecular complexity index is 1060. The number of aliphatic imine (C=N–C) groups is 1. The van der Waals surface area contributed by atoms with Crippen LogP contribution >= 0.6 is 11.8 Å². The van der Waals surface area contributed by atoms with Crippen molar-refractivity contribution in [1.82, 2.24) is 0 Å². The van der Waals surface area contributed by atoms with Crippen LogP contribution in [0.15, 0.2) is 57.3 Å². The minimum Gasteiger partial charge on any atom is -0.493 e. The van der Waals surface area contributed by atoms with E-state index in [9.17, 15) is 13.2 Å². The molecule has 0 unspecified atom stereocenters. The van der Waals surface area contributed by atoms with E-state index in [1.165, 1.54) is 25.3 Å². The van der Waals surface area contributed by atoms with E-state index in [1.807, 2.05) is 6.92 Å². The monoisotopic (exact) mass is 404 g/mol. The Kier molecular flexibility index (Phi) is 5.24. The molecule has 7 nitrogen and oxygen atoms in total. The van der Waals surface area contributed by atoms with Gasteiger partial charge in [-0.2, -0.15) is 13.4 Å². The predicted molar refractivity (Wildman–Crippen MR) is 104 cm³/mol. The second kappa shape index (κ2) is 7.45. The lowest BCUT2D eigenvalue weighted by Gasteiger charge is -2.12.